The van der Waals surface area contributed by atoms with Gasteiger partial charge in [-0.05, 0) is 31.5 Å². The Balaban J connectivity index is 0.00000242. The highest BCUT2D eigenvalue weighted by Gasteiger charge is 2.31. The molecule has 1 aromatic rings. The number of amides is 1. The zero-order chi connectivity index (χ0) is 15.5. The molecule has 1 aromatic carbocycles. The number of hydrogen-bond donors (Lipinski definition) is 2. The third-order valence-electron chi connectivity index (χ3n) is 4.09. The summed E-state index contributed by atoms with van der Waals surface area (Å²) in [7, 11) is 3.19. The number of ether oxygens (including phenoxy) is 2. The first-order valence-electron chi connectivity index (χ1n) is 7.20. The average molecular weight is 329 g/mol. The lowest BCUT2D eigenvalue weighted by atomic mass is 9.83. The molecule has 0 spiro atoms. The summed E-state index contributed by atoms with van der Waals surface area (Å²) >= 11 is 0. The first-order valence-corrected chi connectivity index (χ1v) is 7.20. The smallest absolute Gasteiger partial charge is 0.230 e. The van der Waals surface area contributed by atoms with E-state index in [4.69, 9.17) is 9.47 Å². The zero-order valence-corrected chi connectivity index (χ0v) is 14.4. The first-order chi connectivity index (χ1) is 9.98. The summed E-state index contributed by atoms with van der Waals surface area (Å²) in [5.41, 5.74) is 0.292. The van der Waals surface area contributed by atoms with Crippen LogP contribution in [0.4, 0.5) is 0 Å². The molecule has 0 bridgehead atoms. The molecule has 0 atom stereocenters. The summed E-state index contributed by atoms with van der Waals surface area (Å²) in [5, 5.41) is 6.24. The zero-order valence-electron chi connectivity index (χ0n) is 13.6. The fourth-order valence-electron chi connectivity index (χ4n) is 2.31. The second kappa shape index (κ2) is 7.70. The molecule has 1 fully saturated rings. The molecule has 0 aliphatic carbocycles. The molecule has 0 aromatic heterocycles. The van der Waals surface area contributed by atoms with Crippen molar-refractivity contribution in [2.45, 2.75) is 19.3 Å². The summed E-state index contributed by atoms with van der Waals surface area (Å²) in [6.45, 7) is 6.53. The van der Waals surface area contributed by atoms with Gasteiger partial charge in [0.15, 0.2) is 11.5 Å². The van der Waals surface area contributed by atoms with Crippen LogP contribution in [0.1, 0.15) is 19.4 Å². The van der Waals surface area contributed by atoms with Crippen LogP contribution in [0.2, 0.25) is 0 Å². The predicted molar refractivity (Wildman–Crippen MR) is 89.2 cm³/mol. The van der Waals surface area contributed by atoms with Crippen LogP contribution in [0.5, 0.6) is 11.5 Å². The molecule has 0 unspecified atom stereocenters. The molecule has 6 heteroatoms. The second-order valence-corrected chi connectivity index (χ2v) is 5.93. The third kappa shape index (κ3) is 3.84. The van der Waals surface area contributed by atoms with Crippen molar-refractivity contribution in [3.05, 3.63) is 23.8 Å². The Bertz CT molecular complexity index is 516. The first kappa shape index (κ1) is 18.6. The minimum atomic E-state index is -0.614. The van der Waals surface area contributed by atoms with Gasteiger partial charge in [0.2, 0.25) is 5.91 Å². The van der Waals surface area contributed by atoms with Gasteiger partial charge in [0.05, 0.1) is 19.6 Å². The van der Waals surface area contributed by atoms with Crippen molar-refractivity contribution >= 4 is 18.3 Å². The van der Waals surface area contributed by atoms with Gasteiger partial charge in [-0.3, -0.25) is 4.79 Å². The molecule has 22 heavy (non-hydrogen) atoms. The third-order valence-corrected chi connectivity index (χ3v) is 4.09. The van der Waals surface area contributed by atoms with E-state index in [2.05, 4.69) is 10.6 Å². The summed E-state index contributed by atoms with van der Waals surface area (Å²) in [6, 6.07) is 5.61. The minimum Gasteiger partial charge on any atom is -0.493 e. The van der Waals surface area contributed by atoms with E-state index in [9.17, 15) is 4.79 Å². The molecule has 1 aliphatic heterocycles. The number of hydrogen-bond acceptors (Lipinski definition) is 4. The molecule has 124 valence electrons. The fourth-order valence-corrected chi connectivity index (χ4v) is 2.31. The molecule has 2 N–H and O–H groups in total. The Morgan fingerprint density at radius 3 is 2.41 bits per heavy atom. The van der Waals surface area contributed by atoms with Crippen LogP contribution < -0.4 is 20.1 Å². The Labute approximate surface area is 138 Å². The van der Waals surface area contributed by atoms with Crippen LogP contribution in [0.15, 0.2) is 18.2 Å². The van der Waals surface area contributed by atoms with Crippen molar-refractivity contribution in [2.24, 2.45) is 5.92 Å². The van der Waals surface area contributed by atoms with Crippen molar-refractivity contribution < 1.29 is 14.3 Å². The van der Waals surface area contributed by atoms with Crippen LogP contribution in [0.25, 0.3) is 0 Å². The normalized spacial score (nSPS) is 14.5. The van der Waals surface area contributed by atoms with Gasteiger partial charge < -0.3 is 20.1 Å². The van der Waals surface area contributed by atoms with Gasteiger partial charge in [0, 0.05) is 25.6 Å². The summed E-state index contributed by atoms with van der Waals surface area (Å²) in [6.07, 6.45) is 0. The van der Waals surface area contributed by atoms with Gasteiger partial charge in [0.1, 0.15) is 0 Å². The number of carbonyl (C=O) groups excluding carboxylic acids is 1. The lowest BCUT2D eigenvalue weighted by molar-refractivity contribution is -0.125. The lowest BCUT2D eigenvalue weighted by Crippen LogP contribution is -2.50. The molecule has 5 nitrogen and oxygen atoms in total. The van der Waals surface area contributed by atoms with E-state index in [1.54, 1.807) is 14.2 Å². The van der Waals surface area contributed by atoms with Crippen molar-refractivity contribution in [1.82, 2.24) is 10.6 Å². The van der Waals surface area contributed by atoms with E-state index < -0.39 is 5.41 Å². The monoisotopic (exact) mass is 328 g/mol. The molecule has 2 rings (SSSR count). The Kier molecular flexibility index (Phi) is 6.50. The second-order valence-electron chi connectivity index (χ2n) is 5.93. The molecular formula is C16H25ClN2O3. The topological polar surface area (TPSA) is 59.6 Å². The van der Waals surface area contributed by atoms with Crippen molar-refractivity contribution in [2.75, 3.05) is 33.9 Å². The van der Waals surface area contributed by atoms with E-state index in [1.807, 2.05) is 32.0 Å². The van der Waals surface area contributed by atoms with Crippen LogP contribution >= 0.6 is 12.4 Å². The van der Waals surface area contributed by atoms with Crippen LogP contribution in [-0.2, 0) is 10.2 Å². The maximum absolute atomic E-state index is 12.5. The number of nitrogens with one attached hydrogen (secondary N) is 2. The van der Waals surface area contributed by atoms with Gasteiger partial charge in [-0.25, -0.2) is 0 Å². The van der Waals surface area contributed by atoms with Crippen LogP contribution in [0.3, 0.4) is 0 Å². The van der Waals surface area contributed by atoms with Crippen molar-refractivity contribution in [3.63, 3.8) is 0 Å². The van der Waals surface area contributed by atoms with Gasteiger partial charge in [-0.15, -0.1) is 12.4 Å². The minimum absolute atomic E-state index is 0. The summed E-state index contributed by atoms with van der Waals surface area (Å²) in [5.74, 6) is 1.88. The number of halogens is 1. The van der Waals surface area contributed by atoms with Gasteiger partial charge in [-0.2, -0.15) is 0 Å². The van der Waals surface area contributed by atoms with Crippen molar-refractivity contribution in [1.29, 1.82) is 0 Å². The SMILES string of the molecule is COc1ccc(C(C)(C)C(=O)NCC2CNC2)cc1OC.Cl. The average Bonchev–Trinajstić information content (AvgIpc) is 2.44. The molecule has 0 radical (unpaired) electrons. The van der Waals surface area contributed by atoms with E-state index in [0.29, 0.717) is 17.4 Å². The number of methoxy groups -OCH3 is 2. The van der Waals surface area contributed by atoms with Gasteiger partial charge >= 0.3 is 0 Å². The molecule has 1 amide bonds. The molecule has 0 saturated carbocycles. The largest absolute Gasteiger partial charge is 0.493 e. The Hall–Kier alpha value is -1.46. The highest BCUT2D eigenvalue weighted by Crippen LogP contribution is 2.33. The maximum Gasteiger partial charge on any atom is 0.230 e. The fraction of sp³-hybridized carbons (Fsp3) is 0.562. The molecule has 1 aliphatic rings. The Morgan fingerprint density at radius 1 is 1.27 bits per heavy atom. The molecule has 1 heterocycles. The maximum atomic E-state index is 12.5. The predicted octanol–water partition coefficient (Wildman–Crippen LogP) is 1.74. The van der Waals surface area contributed by atoms with E-state index >= 15 is 0 Å². The summed E-state index contributed by atoms with van der Waals surface area (Å²) < 4.78 is 10.5. The van der Waals surface area contributed by atoms with Gasteiger partial charge in [0.25, 0.3) is 0 Å². The Morgan fingerprint density at radius 2 is 1.91 bits per heavy atom. The van der Waals surface area contributed by atoms with Crippen LogP contribution in [-0.4, -0.2) is 39.8 Å². The number of rotatable bonds is 6. The highest BCUT2D eigenvalue weighted by atomic mass is 35.5. The standard InChI is InChI=1S/C16H24N2O3.ClH/c1-16(2,15(19)18-10-11-8-17-9-11)12-5-6-13(20-3)14(7-12)21-4;/h5-7,11,17H,8-10H2,1-4H3,(H,18,19);1H. The van der Waals surface area contributed by atoms with E-state index in [0.717, 1.165) is 25.2 Å². The van der Waals surface area contributed by atoms with Crippen LogP contribution in [0, 0.1) is 5.92 Å². The summed E-state index contributed by atoms with van der Waals surface area (Å²) in [4.78, 5) is 12.5. The molecular weight excluding hydrogens is 304 g/mol. The highest BCUT2D eigenvalue weighted by molar-refractivity contribution is 5.87. The van der Waals surface area contributed by atoms with Crippen molar-refractivity contribution in [3.8, 4) is 11.5 Å². The molecule has 1 saturated heterocycles. The quantitative estimate of drug-likeness (QED) is 0.835. The van der Waals surface area contributed by atoms with E-state index in [1.165, 1.54) is 0 Å². The van der Waals surface area contributed by atoms with E-state index in [-0.39, 0.29) is 18.3 Å². The lowest BCUT2D eigenvalue weighted by Gasteiger charge is -2.30. The van der Waals surface area contributed by atoms with Gasteiger partial charge in [-0.1, -0.05) is 6.07 Å². The number of carbonyl (C=O) groups is 1. The number of benzene rings is 1.